The molecule has 0 fully saturated rings. The number of benzene rings is 2. The summed E-state index contributed by atoms with van der Waals surface area (Å²) in [6.07, 6.45) is 1.88. The van der Waals surface area contributed by atoms with Crippen molar-refractivity contribution in [3.63, 3.8) is 0 Å². The van der Waals surface area contributed by atoms with Crippen molar-refractivity contribution in [3.8, 4) is 0 Å². The fourth-order valence-electron chi connectivity index (χ4n) is 1.98. The van der Waals surface area contributed by atoms with E-state index in [0.717, 1.165) is 15.7 Å². The predicted molar refractivity (Wildman–Crippen MR) is 85.4 cm³/mol. The summed E-state index contributed by atoms with van der Waals surface area (Å²) in [6, 6.07) is 18.8. The molecule has 2 aromatic carbocycles. The highest BCUT2D eigenvalue weighted by atomic mass is 79.9. The van der Waals surface area contributed by atoms with Crippen LogP contribution in [0.2, 0.25) is 0 Å². The molecule has 1 aromatic heterocycles. The summed E-state index contributed by atoms with van der Waals surface area (Å²) < 4.78 is 1.05. The Labute approximate surface area is 125 Å². The molecule has 0 saturated heterocycles. The van der Waals surface area contributed by atoms with Crippen LogP contribution >= 0.6 is 27.7 Å². The number of halogens is 1. The number of fused-ring (bicyclic) bond motifs is 1. The molecule has 3 heteroatoms. The summed E-state index contributed by atoms with van der Waals surface area (Å²) in [7, 11) is 0. The molecule has 3 aromatic rings. The molecular formula is C16H12BrNS. The average molecular weight is 330 g/mol. The van der Waals surface area contributed by atoms with Gasteiger partial charge in [0.05, 0.1) is 5.52 Å². The minimum absolute atomic E-state index is 0.979. The fourth-order valence-corrected chi connectivity index (χ4v) is 3.44. The summed E-state index contributed by atoms with van der Waals surface area (Å²) in [5, 5.41) is 1.21. The van der Waals surface area contributed by atoms with Gasteiger partial charge in [0, 0.05) is 26.7 Å². The number of hydrogen-bond acceptors (Lipinski definition) is 2. The topological polar surface area (TPSA) is 12.9 Å². The van der Waals surface area contributed by atoms with Crippen molar-refractivity contribution in [1.82, 2.24) is 4.98 Å². The van der Waals surface area contributed by atoms with Gasteiger partial charge < -0.3 is 0 Å². The lowest BCUT2D eigenvalue weighted by atomic mass is 10.2. The highest BCUT2D eigenvalue weighted by Gasteiger charge is 2.05. The van der Waals surface area contributed by atoms with Gasteiger partial charge in [0.25, 0.3) is 0 Å². The van der Waals surface area contributed by atoms with E-state index in [9.17, 15) is 0 Å². The molecule has 19 heavy (non-hydrogen) atoms. The third-order valence-corrected chi connectivity index (χ3v) is 4.70. The molecule has 0 aliphatic rings. The summed E-state index contributed by atoms with van der Waals surface area (Å²) in [5.74, 6) is 0.979. The molecule has 0 radical (unpaired) electrons. The largest absolute Gasteiger partial charge is 0.255 e. The van der Waals surface area contributed by atoms with Gasteiger partial charge in [-0.15, -0.1) is 11.8 Å². The van der Waals surface area contributed by atoms with Gasteiger partial charge in [-0.2, -0.15) is 0 Å². The maximum absolute atomic E-state index is 4.44. The third-order valence-electron chi connectivity index (χ3n) is 2.92. The van der Waals surface area contributed by atoms with Crippen LogP contribution in [0.3, 0.4) is 0 Å². The molecule has 0 aliphatic carbocycles. The molecule has 0 unspecified atom stereocenters. The Bertz CT molecular complexity index is 697. The molecule has 0 amide bonds. The first-order valence-corrected chi connectivity index (χ1v) is 7.82. The molecule has 0 atom stereocenters. The lowest BCUT2D eigenvalue weighted by Gasteiger charge is -2.06. The van der Waals surface area contributed by atoms with E-state index < -0.39 is 0 Å². The van der Waals surface area contributed by atoms with E-state index in [2.05, 4.69) is 63.4 Å². The summed E-state index contributed by atoms with van der Waals surface area (Å²) in [4.78, 5) is 5.71. The Hall–Kier alpha value is -1.32. The van der Waals surface area contributed by atoms with E-state index in [0.29, 0.717) is 0 Å². The summed E-state index contributed by atoms with van der Waals surface area (Å²) in [6.45, 7) is 0. The van der Waals surface area contributed by atoms with Crippen LogP contribution in [0.5, 0.6) is 0 Å². The van der Waals surface area contributed by atoms with Crippen LogP contribution in [0.25, 0.3) is 10.9 Å². The lowest BCUT2D eigenvalue weighted by Crippen LogP contribution is -1.84. The molecule has 0 spiro atoms. The summed E-state index contributed by atoms with van der Waals surface area (Å²) >= 11 is 5.41. The van der Waals surface area contributed by atoms with Crippen molar-refractivity contribution in [2.75, 3.05) is 0 Å². The van der Waals surface area contributed by atoms with Crippen LogP contribution in [0.1, 0.15) is 5.56 Å². The minimum Gasteiger partial charge on any atom is -0.255 e. The number of para-hydroxylation sites is 1. The number of pyridine rings is 1. The van der Waals surface area contributed by atoms with E-state index in [1.54, 1.807) is 0 Å². The van der Waals surface area contributed by atoms with E-state index >= 15 is 0 Å². The Balaban J connectivity index is 1.91. The Morgan fingerprint density at radius 1 is 0.947 bits per heavy atom. The first kappa shape index (κ1) is 12.7. The van der Waals surface area contributed by atoms with Gasteiger partial charge in [0.1, 0.15) is 0 Å². The smallest absolute Gasteiger partial charge is 0.0855 e. The van der Waals surface area contributed by atoms with Crippen molar-refractivity contribution in [3.05, 3.63) is 70.8 Å². The van der Waals surface area contributed by atoms with Crippen LogP contribution < -0.4 is 0 Å². The monoisotopic (exact) mass is 329 g/mol. The molecular weight excluding hydrogens is 318 g/mol. The minimum atomic E-state index is 0.979. The maximum Gasteiger partial charge on any atom is 0.0855 e. The number of nitrogens with zero attached hydrogens (tertiary/aromatic N) is 1. The fraction of sp³-hybridized carbons (Fsp3) is 0.0625. The second-order valence-corrected chi connectivity index (χ2v) is 6.09. The van der Waals surface area contributed by atoms with E-state index in [4.69, 9.17) is 0 Å². The number of thioether (sulfide) groups is 1. The van der Waals surface area contributed by atoms with E-state index in [-0.39, 0.29) is 0 Å². The predicted octanol–water partition coefficient (Wildman–Crippen LogP) is 5.29. The zero-order valence-corrected chi connectivity index (χ0v) is 12.6. The zero-order chi connectivity index (χ0) is 13.1. The highest BCUT2D eigenvalue weighted by molar-refractivity contribution is 9.10. The second-order valence-electron chi connectivity index (χ2n) is 4.22. The molecule has 0 saturated carbocycles. The third kappa shape index (κ3) is 2.82. The average Bonchev–Trinajstić information content (AvgIpc) is 2.47. The van der Waals surface area contributed by atoms with Gasteiger partial charge >= 0.3 is 0 Å². The van der Waals surface area contributed by atoms with E-state index in [1.807, 2.05) is 30.1 Å². The Kier molecular flexibility index (Phi) is 3.85. The van der Waals surface area contributed by atoms with Crippen LogP contribution in [0, 0.1) is 0 Å². The number of rotatable bonds is 3. The van der Waals surface area contributed by atoms with Gasteiger partial charge in [-0.1, -0.05) is 42.5 Å². The van der Waals surface area contributed by atoms with Crippen LogP contribution in [-0.2, 0) is 5.75 Å². The lowest BCUT2D eigenvalue weighted by molar-refractivity contribution is 1.33. The van der Waals surface area contributed by atoms with Crippen LogP contribution in [0.15, 0.2) is 70.2 Å². The standard InChI is InChI=1S/C16H12BrNS/c17-14-8-4-7-13-15(9-10-18-16(13)14)19-11-12-5-2-1-3-6-12/h1-10H,11H2. The van der Waals surface area contributed by atoms with Gasteiger partial charge in [0.2, 0.25) is 0 Å². The van der Waals surface area contributed by atoms with Gasteiger partial charge in [-0.3, -0.25) is 4.98 Å². The molecule has 94 valence electrons. The van der Waals surface area contributed by atoms with Crippen LogP contribution in [0.4, 0.5) is 0 Å². The molecule has 1 heterocycles. The molecule has 0 N–H and O–H groups in total. The van der Waals surface area contributed by atoms with Crippen molar-refractivity contribution >= 4 is 38.6 Å². The zero-order valence-electron chi connectivity index (χ0n) is 10.2. The molecule has 3 rings (SSSR count). The first-order chi connectivity index (χ1) is 9.34. The Morgan fingerprint density at radius 3 is 2.63 bits per heavy atom. The van der Waals surface area contributed by atoms with Crippen molar-refractivity contribution in [2.45, 2.75) is 10.6 Å². The van der Waals surface area contributed by atoms with Crippen molar-refractivity contribution in [1.29, 1.82) is 0 Å². The number of hydrogen-bond donors (Lipinski definition) is 0. The molecule has 1 nitrogen and oxygen atoms in total. The summed E-state index contributed by atoms with van der Waals surface area (Å²) in [5.41, 5.74) is 2.37. The van der Waals surface area contributed by atoms with Crippen LogP contribution in [-0.4, -0.2) is 4.98 Å². The van der Waals surface area contributed by atoms with Gasteiger partial charge in [-0.25, -0.2) is 0 Å². The van der Waals surface area contributed by atoms with Gasteiger partial charge in [-0.05, 0) is 33.6 Å². The van der Waals surface area contributed by atoms with E-state index in [1.165, 1.54) is 15.8 Å². The number of aromatic nitrogens is 1. The SMILES string of the molecule is Brc1cccc2c(SCc3ccccc3)ccnc12. The molecule has 0 aliphatic heterocycles. The quantitative estimate of drug-likeness (QED) is 0.605. The van der Waals surface area contributed by atoms with Crippen molar-refractivity contribution in [2.24, 2.45) is 0 Å². The second kappa shape index (κ2) is 5.76. The Morgan fingerprint density at radius 2 is 1.79 bits per heavy atom. The van der Waals surface area contributed by atoms with Gasteiger partial charge in [0.15, 0.2) is 0 Å². The normalized spacial score (nSPS) is 10.8. The highest BCUT2D eigenvalue weighted by Crippen LogP contribution is 2.32. The maximum atomic E-state index is 4.44. The molecule has 0 bridgehead atoms. The van der Waals surface area contributed by atoms with Crippen molar-refractivity contribution < 1.29 is 0 Å². The first-order valence-electron chi connectivity index (χ1n) is 6.04.